The minimum Gasteiger partial charge on any atom is -0.488 e. The fourth-order valence-electron chi connectivity index (χ4n) is 2.00. The molecule has 19 heavy (non-hydrogen) atoms. The van der Waals surface area contributed by atoms with Crippen LogP contribution in [0.15, 0.2) is 47.5 Å². The number of hydrogen-bond donors (Lipinski definition) is 1. The minimum atomic E-state index is -0.0695. The molecule has 2 rings (SSSR count). The molecule has 2 nitrogen and oxygen atoms in total. The van der Waals surface area contributed by atoms with Crippen LogP contribution in [0.4, 0.5) is 0 Å². The van der Waals surface area contributed by atoms with Gasteiger partial charge in [-0.1, -0.05) is 48.0 Å². The summed E-state index contributed by atoms with van der Waals surface area (Å²) in [6, 6.07) is 12.2. The fourth-order valence-corrected chi connectivity index (χ4v) is 2.06. The van der Waals surface area contributed by atoms with Crippen LogP contribution in [0, 0.1) is 0 Å². The second kappa shape index (κ2) is 6.09. The van der Waals surface area contributed by atoms with Gasteiger partial charge in [-0.15, -0.1) is 0 Å². The standard InChI is InChI=1S/C16H18ClNO/c1-11(9-17)10-19-16-14(12(2)18)8-7-13-5-3-4-6-15(13)16/h3-9,12H,10,18H2,1-2H3/b11-9+/t12-/m1/s1. The van der Waals surface area contributed by atoms with Crippen LogP contribution in [0.1, 0.15) is 25.5 Å². The van der Waals surface area contributed by atoms with Gasteiger partial charge in [0.1, 0.15) is 12.4 Å². The first-order valence-corrected chi connectivity index (χ1v) is 6.73. The maximum Gasteiger partial charge on any atom is 0.132 e. The van der Waals surface area contributed by atoms with Gasteiger partial charge in [0, 0.05) is 22.5 Å². The van der Waals surface area contributed by atoms with E-state index in [-0.39, 0.29) is 6.04 Å². The monoisotopic (exact) mass is 275 g/mol. The molecule has 2 aromatic rings. The first-order valence-electron chi connectivity index (χ1n) is 6.29. The highest BCUT2D eigenvalue weighted by atomic mass is 35.5. The summed E-state index contributed by atoms with van der Waals surface area (Å²) in [6.45, 7) is 4.36. The Morgan fingerprint density at radius 3 is 2.74 bits per heavy atom. The van der Waals surface area contributed by atoms with Crippen molar-refractivity contribution >= 4 is 22.4 Å². The Morgan fingerprint density at radius 2 is 2.05 bits per heavy atom. The van der Waals surface area contributed by atoms with E-state index in [4.69, 9.17) is 22.1 Å². The molecule has 1 atom stereocenters. The van der Waals surface area contributed by atoms with Gasteiger partial charge in [-0.3, -0.25) is 0 Å². The highest BCUT2D eigenvalue weighted by Crippen LogP contribution is 2.33. The van der Waals surface area contributed by atoms with E-state index in [0.717, 1.165) is 27.7 Å². The highest BCUT2D eigenvalue weighted by molar-refractivity contribution is 6.25. The van der Waals surface area contributed by atoms with Crippen molar-refractivity contribution < 1.29 is 4.74 Å². The zero-order chi connectivity index (χ0) is 13.8. The van der Waals surface area contributed by atoms with Crippen LogP contribution >= 0.6 is 11.6 Å². The molecule has 0 heterocycles. The summed E-state index contributed by atoms with van der Waals surface area (Å²) >= 11 is 5.67. The van der Waals surface area contributed by atoms with Crippen molar-refractivity contribution in [3.63, 3.8) is 0 Å². The molecule has 0 aliphatic rings. The largest absolute Gasteiger partial charge is 0.488 e. The van der Waals surface area contributed by atoms with Crippen molar-refractivity contribution in [2.75, 3.05) is 6.61 Å². The highest BCUT2D eigenvalue weighted by Gasteiger charge is 2.12. The van der Waals surface area contributed by atoms with E-state index in [1.165, 1.54) is 5.54 Å². The molecule has 0 bridgehead atoms. The minimum absolute atomic E-state index is 0.0695. The van der Waals surface area contributed by atoms with E-state index >= 15 is 0 Å². The van der Waals surface area contributed by atoms with Crippen LogP contribution in [-0.4, -0.2) is 6.61 Å². The van der Waals surface area contributed by atoms with Gasteiger partial charge in [0.05, 0.1) is 0 Å². The number of hydrogen-bond acceptors (Lipinski definition) is 2. The molecule has 2 N–H and O–H groups in total. The van der Waals surface area contributed by atoms with Crippen molar-refractivity contribution in [3.8, 4) is 5.75 Å². The van der Waals surface area contributed by atoms with Crippen LogP contribution in [0.3, 0.4) is 0 Å². The molecular weight excluding hydrogens is 258 g/mol. The van der Waals surface area contributed by atoms with Gasteiger partial charge < -0.3 is 10.5 Å². The molecule has 0 fully saturated rings. The molecule has 0 unspecified atom stereocenters. The summed E-state index contributed by atoms with van der Waals surface area (Å²) in [4.78, 5) is 0. The summed E-state index contributed by atoms with van der Waals surface area (Å²) < 4.78 is 5.93. The van der Waals surface area contributed by atoms with Gasteiger partial charge in [0.2, 0.25) is 0 Å². The molecule has 2 aromatic carbocycles. The zero-order valence-corrected chi connectivity index (χ0v) is 11.9. The molecule has 3 heteroatoms. The number of rotatable bonds is 4. The third-order valence-electron chi connectivity index (χ3n) is 3.03. The Bertz CT molecular complexity index is 605. The molecule has 0 saturated heterocycles. The Morgan fingerprint density at radius 1 is 1.32 bits per heavy atom. The van der Waals surface area contributed by atoms with E-state index in [1.807, 2.05) is 32.0 Å². The molecule has 0 saturated carbocycles. The molecule has 0 spiro atoms. The summed E-state index contributed by atoms with van der Waals surface area (Å²) in [5, 5.41) is 2.23. The predicted molar refractivity (Wildman–Crippen MR) is 81.7 cm³/mol. The SMILES string of the molecule is C/C(=C\Cl)COc1c([C@@H](C)N)ccc2ccccc12. The maximum absolute atomic E-state index is 6.02. The average molecular weight is 276 g/mol. The average Bonchev–Trinajstić information content (AvgIpc) is 2.43. The van der Waals surface area contributed by atoms with Crippen LogP contribution in [0.5, 0.6) is 5.75 Å². The van der Waals surface area contributed by atoms with Gasteiger partial charge in [-0.25, -0.2) is 0 Å². The Balaban J connectivity index is 2.49. The Labute approximate surface area is 118 Å². The predicted octanol–water partition coefficient (Wildman–Crippen LogP) is 4.38. The second-order valence-corrected chi connectivity index (χ2v) is 4.96. The van der Waals surface area contributed by atoms with E-state index < -0.39 is 0 Å². The van der Waals surface area contributed by atoms with Gasteiger partial charge in [-0.05, 0) is 24.8 Å². The first kappa shape index (κ1) is 13.9. The van der Waals surface area contributed by atoms with Crippen LogP contribution < -0.4 is 10.5 Å². The molecule has 0 amide bonds. The third-order valence-corrected chi connectivity index (χ3v) is 3.40. The number of nitrogens with two attached hydrogens (primary N) is 1. The van der Waals surface area contributed by atoms with Crippen LogP contribution in [-0.2, 0) is 0 Å². The van der Waals surface area contributed by atoms with Crippen LogP contribution in [0.25, 0.3) is 10.8 Å². The number of fused-ring (bicyclic) bond motifs is 1. The topological polar surface area (TPSA) is 35.2 Å². The van der Waals surface area contributed by atoms with Gasteiger partial charge in [0.15, 0.2) is 0 Å². The smallest absolute Gasteiger partial charge is 0.132 e. The van der Waals surface area contributed by atoms with E-state index in [2.05, 4.69) is 18.2 Å². The van der Waals surface area contributed by atoms with Crippen molar-refractivity contribution in [1.29, 1.82) is 0 Å². The Kier molecular flexibility index (Phi) is 4.46. The van der Waals surface area contributed by atoms with Gasteiger partial charge in [-0.2, -0.15) is 0 Å². The molecule has 0 aliphatic carbocycles. The molecule has 100 valence electrons. The molecular formula is C16H18ClNO. The van der Waals surface area contributed by atoms with Crippen LogP contribution in [0.2, 0.25) is 0 Å². The lowest BCUT2D eigenvalue weighted by molar-refractivity contribution is 0.351. The van der Waals surface area contributed by atoms with Crippen molar-refractivity contribution in [3.05, 3.63) is 53.1 Å². The quantitative estimate of drug-likeness (QED) is 0.899. The van der Waals surface area contributed by atoms with Crippen molar-refractivity contribution in [2.45, 2.75) is 19.9 Å². The lowest BCUT2D eigenvalue weighted by Crippen LogP contribution is -2.09. The molecule has 0 radical (unpaired) electrons. The summed E-state index contributed by atoms with van der Waals surface area (Å²) in [6.07, 6.45) is 0. The number of ether oxygens (including phenoxy) is 1. The normalized spacial score (nSPS) is 13.6. The maximum atomic E-state index is 6.02. The van der Waals surface area contributed by atoms with Crippen molar-refractivity contribution in [1.82, 2.24) is 0 Å². The second-order valence-electron chi connectivity index (χ2n) is 4.74. The zero-order valence-electron chi connectivity index (χ0n) is 11.2. The summed E-state index contributed by atoms with van der Waals surface area (Å²) in [5.41, 5.74) is 9.55. The third kappa shape index (κ3) is 3.09. The lowest BCUT2D eigenvalue weighted by Gasteiger charge is -2.16. The lowest BCUT2D eigenvalue weighted by atomic mass is 10.0. The summed E-state index contributed by atoms with van der Waals surface area (Å²) in [5.74, 6) is 0.853. The van der Waals surface area contributed by atoms with Gasteiger partial charge >= 0.3 is 0 Å². The van der Waals surface area contributed by atoms with Gasteiger partial charge in [0.25, 0.3) is 0 Å². The molecule has 0 aliphatic heterocycles. The Hall–Kier alpha value is -1.51. The van der Waals surface area contributed by atoms with E-state index in [9.17, 15) is 0 Å². The van der Waals surface area contributed by atoms with Crippen molar-refractivity contribution in [2.24, 2.45) is 5.73 Å². The molecule has 0 aromatic heterocycles. The summed E-state index contributed by atoms with van der Waals surface area (Å²) in [7, 11) is 0. The number of benzene rings is 2. The fraction of sp³-hybridized carbons (Fsp3) is 0.250. The van der Waals surface area contributed by atoms with E-state index in [1.54, 1.807) is 0 Å². The number of halogens is 1. The first-order chi connectivity index (χ1) is 9.13. The van der Waals surface area contributed by atoms with E-state index in [0.29, 0.717) is 6.61 Å².